The molecule has 1 aliphatic heterocycles. The van der Waals surface area contributed by atoms with E-state index in [4.69, 9.17) is 10.5 Å². The third-order valence-corrected chi connectivity index (χ3v) is 3.18. The van der Waals surface area contributed by atoms with E-state index in [1.807, 2.05) is 29.2 Å². The van der Waals surface area contributed by atoms with E-state index in [0.717, 1.165) is 24.4 Å². The molecule has 1 fully saturated rings. The van der Waals surface area contributed by atoms with E-state index in [1.54, 1.807) is 7.11 Å². The molecular weight excluding hydrogens is 216 g/mol. The molecule has 4 heteroatoms. The fourth-order valence-electron chi connectivity index (χ4n) is 2.05. The van der Waals surface area contributed by atoms with E-state index in [9.17, 15) is 4.79 Å². The Morgan fingerprint density at radius 1 is 1.47 bits per heavy atom. The molecule has 2 N–H and O–H groups in total. The first-order valence-corrected chi connectivity index (χ1v) is 5.84. The molecule has 1 aromatic carbocycles. The minimum atomic E-state index is 0.152. The zero-order valence-corrected chi connectivity index (χ0v) is 10.1. The average Bonchev–Trinajstić information content (AvgIpc) is 2.28. The van der Waals surface area contributed by atoms with Crippen LogP contribution in [0.4, 0.5) is 0 Å². The van der Waals surface area contributed by atoms with Gasteiger partial charge in [0.1, 0.15) is 5.75 Å². The zero-order chi connectivity index (χ0) is 12.3. The number of nitrogens with zero attached hydrogens (tertiary/aromatic N) is 1. The monoisotopic (exact) mass is 234 g/mol. The first kappa shape index (κ1) is 11.9. The predicted octanol–water partition coefficient (Wildman–Crippen LogP) is 0.655. The van der Waals surface area contributed by atoms with Gasteiger partial charge in [-0.25, -0.2) is 0 Å². The number of hydrogen-bond donors (Lipinski definition) is 1. The number of para-hydroxylation sites is 1. The highest BCUT2D eigenvalue weighted by molar-refractivity contribution is 5.80. The van der Waals surface area contributed by atoms with Gasteiger partial charge in [0.25, 0.3) is 0 Å². The second-order valence-corrected chi connectivity index (χ2v) is 4.39. The van der Waals surface area contributed by atoms with E-state index in [2.05, 4.69) is 0 Å². The second-order valence-electron chi connectivity index (χ2n) is 4.39. The molecular formula is C13H18N2O2. The van der Waals surface area contributed by atoms with Crippen molar-refractivity contribution in [1.29, 1.82) is 0 Å². The van der Waals surface area contributed by atoms with Crippen molar-refractivity contribution < 1.29 is 9.53 Å². The Bertz CT molecular complexity index is 400. The molecule has 1 amide bonds. The topological polar surface area (TPSA) is 55.6 Å². The highest BCUT2D eigenvalue weighted by atomic mass is 16.5. The van der Waals surface area contributed by atoms with Crippen molar-refractivity contribution >= 4 is 5.91 Å². The number of amides is 1. The SMILES string of the molecule is COc1ccccc1CC(=O)N1CC(CN)C1. The Morgan fingerprint density at radius 3 is 2.82 bits per heavy atom. The fourth-order valence-corrected chi connectivity index (χ4v) is 2.05. The van der Waals surface area contributed by atoms with Crippen molar-refractivity contribution in [3.8, 4) is 5.75 Å². The quantitative estimate of drug-likeness (QED) is 0.832. The summed E-state index contributed by atoms with van der Waals surface area (Å²) in [5, 5.41) is 0. The van der Waals surface area contributed by atoms with Crippen molar-refractivity contribution in [2.45, 2.75) is 6.42 Å². The zero-order valence-electron chi connectivity index (χ0n) is 10.1. The Labute approximate surface area is 101 Å². The van der Waals surface area contributed by atoms with Gasteiger partial charge in [-0.05, 0) is 12.6 Å². The molecule has 2 rings (SSSR count). The summed E-state index contributed by atoms with van der Waals surface area (Å²) in [5.74, 6) is 1.41. The molecule has 0 aliphatic carbocycles. The summed E-state index contributed by atoms with van der Waals surface area (Å²) in [6.45, 7) is 2.26. The van der Waals surface area contributed by atoms with Crippen LogP contribution in [0.2, 0.25) is 0 Å². The lowest BCUT2D eigenvalue weighted by molar-refractivity contribution is -0.136. The number of carbonyl (C=O) groups excluding carboxylic acids is 1. The molecule has 0 atom stereocenters. The van der Waals surface area contributed by atoms with E-state index in [-0.39, 0.29) is 5.91 Å². The van der Waals surface area contributed by atoms with Gasteiger partial charge in [0, 0.05) is 24.6 Å². The Morgan fingerprint density at radius 2 is 2.18 bits per heavy atom. The van der Waals surface area contributed by atoms with Crippen LogP contribution in [-0.4, -0.2) is 37.6 Å². The van der Waals surface area contributed by atoms with E-state index in [1.165, 1.54) is 0 Å². The van der Waals surface area contributed by atoms with Gasteiger partial charge >= 0.3 is 0 Å². The molecule has 0 radical (unpaired) electrons. The van der Waals surface area contributed by atoms with Crippen molar-refractivity contribution in [2.24, 2.45) is 11.7 Å². The van der Waals surface area contributed by atoms with Crippen LogP contribution in [0.25, 0.3) is 0 Å². The normalized spacial score (nSPS) is 15.5. The van der Waals surface area contributed by atoms with E-state index < -0.39 is 0 Å². The number of benzene rings is 1. The van der Waals surface area contributed by atoms with E-state index >= 15 is 0 Å². The molecule has 1 aliphatic rings. The van der Waals surface area contributed by atoms with Crippen molar-refractivity contribution in [1.82, 2.24) is 4.90 Å². The first-order valence-electron chi connectivity index (χ1n) is 5.84. The van der Waals surface area contributed by atoms with Crippen molar-refractivity contribution in [2.75, 3.05) is 26.7 Å². The minimum Gasteiger partial charge on any atom is -0.496 e. The minimum absolute atomic E-state index is 0.152. The highest BCUT2D eigenvalue weighted by Gasteiger charge is 2.29. The number of nitrogens with two attached hydrogens (primary N) is 1. The van der Waals surface area contributed by atoms with Crippen LogP contribution in [0.1, 0.15) is 5.56 Å². The molecule has 1 saturated heterocycles. The summed E-state index contributed by atoms with van der Waals surface area (Å²) < 4.78 is 5.23. The number of carbonyl (C=O) groups is 1. The molecule has 0 aromatic heterocycles. The van der Waals surface area contributed by atoms with E-state index in [0.29, 0.717) is 18.9 Å². The summed E-state index contributed by atoms with van der Waals surface area (Å²) in [6, 6.07) is 7.63. The highest BCUT2D eigenvalue weighted by Crippen LogP contribution is 2.21. The predicted molar refractivity (Wildman–Crippen MR) is 65.8 cm³/mol. The van der Waals surface area contributed by atoms with Crippen LogP contribution in [-0.2, 0) is 11.2 Å². The van der Waals surface area contributed by atoms with Gasteiger partial charge in [0.2, 0.25) is 5.91 Å². The van der Waals surface area contributed by atoms with Gasteiger partial charge in [-0.2, -0.15) is 0 Å². The smallest absolute Gasteiger partial charge is 0.227 e. The third kappa shape index (κ3) is 2.58. The van der Waals surface area contributed by atoms with Crippen molar-refractivity contribution in [3.63, 3.8) is 0 Å². The molecule has 0 unspecified atom stereocenters. The summed E-state index contributed by atoms with van der Waals surface area (Å²) in [6.07, 6.45) is 0.404. The molecule has 92 valence electrons. The Kier molecular flexibility index (Phi) is 3.64. The maximum absolute atomic E-state index is 12.0. The van der Waals surface area contributed by atoms with Gasteiger partial charge in [-0.15, -0.1) is 0 Å². The standard InChI is InChI=1S/C13H18N2O2/c1-17-12-5-3-2-4-11(12)6-13(16)15-8-10(7-14)9-15/h2-5,10H,6-9,14H2,1H3. The summed E-state index contributed by atoms with van der Waals surface area (Å²) in [5.41, 5.74) is 6.48. The maximum Gasteiger partial charge on any atom is 0.227 e. The van der Waals surface area contributed by atoms with Crippen molar-refractivity contribution in [3.05, 3.63) is 29.8 Å². The Hall–Kier alpha value is -1.55. The molecule has 0 bridgehead atoms. The van der Waals surface area contributed by atoms with Crippen LogP contribution >= 0.6 is 0 Å². The number of ether oxygens (including phenoxy) is 1. The largest absolute Gasteiger partial charge is 0.496 e. The lowest BCUT2D eigenvalue weighted by Crippen LogP contribution is -2.53. The van der Waals surface area contributed by atoms with Gasteiger partial charge < -0.3 is 15.4 Å². The molecule has 0 saturated carbocycles. The second kappa shape index (κ2) is 5.19. The molecule has 1 aromatic rings. The van der Waals surface area contributed by atoms with Crippen LogP contribution in [0.3, 0.4) is 0 Å². The Balaban J connectivity index is 1.95. The van der Waals surface area contributed by atoms with Gasteiger partial charge in [0.05, 0.1) is 13.5 Å². The van der Waals surface area contributed by atoms with Crippen LogP contribution < -0.4 is 10.5 Å². The first-order chi connectivity index (χ1) is 8.24. The molecule has 0 spiro atoms. The molecule has 17 heavy (non-hydrogen) atoms. The summed E-state index contributed by atoms with van der Waals surface area (Å²) in [4.78, 5) is 13.8. The third-order valence-electron chi connectivity index (χ3n) is 3.18. The van der Waals surface area contributed by atoms with Crippen LogP contribution in [0, 0.1) is 5.92 Å². The molecule has 4 nitrogen and oxygen atoms in total. The summed E-state index contributed by atoms with van der Waals surface area (Å²) >= 11 is 0. The number of methoxy groups -OCH3 is 1. The van der Waals surface area contributed by atoms with Crippen LogP contribution in [0.5, 0.6) is 5.75 Å². The number of rotatable bonds is 4. The number of likely N-dealkylation sites (tertiary alicyclic amines) is 1. The lowest BCUT2D eigenvalue weighted by atomic mass is 9.99. The lowest BCUT2D eigenvalue weighted by Gasteiger charge is -2.38. The molecule has 1 heterocycles. The fraction of sp³-hybridized carbons (Fsp3) is 0.462. The van der Waals surface area contributed by atoms with Gasteiger partial charge in [-0.1, -0.05) is 18.2 Å². The average molecular weight is 234 g/mol. The number of hydrogen-bond acceptors (Lipinski definition) is 3. The van der Waals surface area contributed by atoms with Gasteiger partial charge in [0.15, 0.2) is 0 Å². The maximum atomic E-state index is 12.0. The van der Waals surface area contributed by atoms with Gasteiger partial charge in [-0.3, -0.25) is 4.79 Å². The van der Waals surface area contributed by atoms with Crippen LogP contribution in [0.15, 0.2) is 24.3 Å². The summed E-state index contributed by atoms with van der Waals surface area (Å²) in [7, 11) is 1.62.